The number of rotatable bonds is 5. The van der Waals surface area contributed by atoms with Crippen LogP contribution in [0.3, 0.4) is 0 Å². The Bertz CT molecular complexity index is 1050. The summed E-state index contributed by atoms with van der Waals surface area (Å²) in [5.41, 5.74) is 0.310. The smallest absolute Gasteiger partial charge is 0.418 e. The Morgan fingerprint density at radius 3 is 2.40 bits per heavy atom. The number of anilines is 2. The highest BCUT2D eigenvalue weighted by Crippen LogP contribution is 2.35. The first-order chi connectivity index (χ1) is 14.3. The Hall–Kier alpha value is -2.91. The Balaban J connectivity index is 1.82. The fourth-order valence-electron chi connectivity index (χ4n) is 2.78. The van der Waals surface area contributed by atoms with Crippen molar-refractivity contribution in [2.75, 3.05) is 17.7 Å². The molecule has 0 atom stereocenters. The second-order valence-corrected chi connectivity index (χ2v) is 7.78. The van der Waals surface area contributed by atoms with E-state index in [4.69, 9.17) is 17.0 Å². The van der Waals surface area contributed by atoms with Crippen molar-refractivity contribution in [3.8, 4) is 0 Å². The van der Waals surface area contributed by atoms with Crippen LogP contribution in [0.5, 0.6) is 0 Å². The van der Waals surface area contributed by atoms with Gasteiger partial charge in [0.1, 0.15) is 5.00 Å². The largest absolute Gasteiger partial charge is 0.465 e. The number of thiophene rings is 1. The molecular weight excluding hydrogens is 433 g/mol. The van der Waals surface area contributed by atoms with Crippen molar-refractivity contribution in [3.05, 3.63) is 82.2 Å². The number of methoxy groups -OCH3 is 1. The summed E-state index contributed by atoms with van der Waals surface area (Å²) < 4.78 is 44.4. The lowest BCUT2D eigenvalue weighted by atomic mass is 10.1. The highest BCUT2D eigenvalue weighted by atomic mass is 32.1. The Morgan fingerprint density at radius 1 is 1.07 bits per heavy atom. The van der Waals surface area contributed by atoms with Crippen molar-refractivity contribution >= 4 is 45.3 Å². The molecule has 1 heterocycles. The van der Waals surface area contributed by atoms with Crippen LogP contribution in [0, 0.1) is 0 Å². The van der Waals surface area contributed by atoms with Crippen LogP contribution in [0.15, 0.2) is 60.7 Å². The lowest BCUT2D eigenvalue weighted by Gasteiger charge is -2.15. The van der Waals surface area contributed by atoms with Gasteiger partial charge >= 0.3 is 12.1 Å². The molecule has 0 bridgehead atoms. The quantitative estimate of drug-likeness (QED) is 0.371. The van der Waals surface area contributed by atoms with Gasteiger partial charge in [-0.15, -0.1) is 11.3 Å². The lowest BCUT2D eigenvalue weighted by molar-refractivity contribution is -0.136. The zero-order valence-electron chi connectivity index (χ0n) is 15.7. The molecule has 1 aromatic heterocycles. The van der Waals surface area contributed by atoms with Gasteiger partial charge < -0.3 is 15.4 Å². The van der Waals surface area contributed by atoms with Crippen LogP contribution in [0.2, 0.25) is 0 Å². The Labute approximate surface area is 180 Å². The number of alkyl halides is 3. The highest BCUT2D eigenvalue weighted by molar-refractivity contribution is 7.80. The van der Waals surface area contributed by atoms with Crippen LogP contribution in [-0.2, 0) is 17.3 Å². The molecule has 0 radical (unpaired) electrons. The van der Waals surface area contributed by atoms with Gasteiger partial charge in [0.2, 0.25) is 0 Å². The number of thiocarbonyl (C=S) groups is 1. The maximum Gasteiger partial charge on any atom is 0.418 e. The van der Waals surface area contributed by atoms with E-state index in [0.717, 1.165) is 16.5 Å². The molecule has 4 nitrogen and oxygen atoms in total. The summed E-state index contributed by atoms with van der Waals surface area (Å²) in [4.78, 5) is 13.0. The molecule has 3 rings (SSSR count). The molecular formula is C21H17F3N2O2S2. The summed E-state index contributed by atoms with van der Waals surface area (Å²) in [6.07, 6.45) is -3.93. The van der Waals surface area contributed by atoms with E-state index in [-0.39, 0.29) is 16.4 Å². The van der Waals surface area contributed by atoms with Crippen LogP contribution in [0.25, 0.3) is 0 Å². The van der Waals surface area contributed by atoms with E-state index in [0.29, 0.717) is 11.4 Å². The lowest BCUT2D eigenvalue weighted by Crippen LogP contribution is -2.22. The standard InChI is InChI=1S/C21H17F3N2O2S2/c1-28-19(27)15-12-14(11-13-7-3-2-4-8-13)30-18(15)26-20(29)25-17-10-6-5-9-16(17)21(22,23)24/h2-10,12H,11H2,1H3,(H2,25,26,29). The van der Waals surface area contributed by atoms with Gasteiger partial charge in [-0.05, 0) is 36.0 Å². The first kappa shape index (κ1) is 21.8. The molecule has 2 N–H and O–H groups in total. The van der Waals surface area contributed by atoms with E-state index in [2.05, 4.69) is 10.6 Å². The molecule has 9 heteroatoms. The van der Waals surface area contributed by atoms with Gasteiger partial charge in [0.25, 0.3) is 0 Å². The minimum Gasteiger partial charge on any atom is -0.465 e. The fraction of sp³-hybridized carbons (Fsp3) is 0.143. The first-order valence-electron chi connectivity index (χ1n) is 8.77. The van der Waals surface area contributed by atoms with Crippen molar-refractivity contribution < 1.29 is 22.7 Å². The summed E-state index contributed by atoms with van der Waals surface area (Å²) in [5, 5.41) is 5.73. The summed E-state index contributed by atoms with van der Waals surface area (Å²) in [7, 11) is 1.26. The van der Waals surface area contributed by atoms with Gasteiger partial charge in [-0.3, -0.25) is 0 Å². The monoisotopic (exact) mass is 450 g/mol. The number of hydrogen-bond acceptors (Lipinski definition) is 4. The van der Waals surface area contributed by atoms with E-state index in [1.54, 1.807) is 6.07 Å². The topological polar surface area (TPSA) is 50.4 Å². The number of hydrogen-bond donors (Lipinski definition) is 2. The second-order valence-electron chi connectivity index (χ2n) is 6.23. The normalized spacial score (nSPS) is 11.1. The minimum atomic E-state index is -4.53. The second kappa shape index (κ2) is 9.27. The molecule has 3 aromatic rings. The molecule has 0 aliphatic carbocycles. The molecule has 0 aliphatic heterocycles. The summed E-state index contributed by atoms with van der Waals surface area (Å²) in [6, 6.07) is 16.4. The third-order valence-corrected chi connectivity index (χ3v) is 5.37. The van der Waals surface area contributed by atoms with Gasteiger partial charge in [0.05, 0.1) is 23.9 Å². The van der Waals surface area contributed by atoms with E-state index < -0.39 is 17.7 Å². The van der Waals surface area contributed by atoms with Gasteiger partial charge in [-0.25, -0.2) is 4.79 Å². The number of esters is 1. The third-order valence-electron chi connectivity index (χ3n) is 4.12. The Kier molecular flexibility index (Phi) is 6.73. The minimum absolute atomic E-state index is 0.0648. The molecule has 0 aliphatic rings. The zero-order chi connectivity index (χ0) is 21.7. The number of benzene rings is 2. The summed E-state index contributed by atoms with van der Waals surface area (Å²) >= 11 is 6.47. The predicted molar refractivity (Wildman–Crippen MR) is 116 cm³/mol. The fourth-order valence-corrected chi connectivity index (χ4v) is 4.14. The van der Waals surface area contributed by atoms with Crippen LogP contribution in [0.4, 0.5) is 23.9 Å². The van der Waals surface area contributed by atoms with Crippen LogP contribution in [0.1, 0.15) is 26.4 Å². The number of carbonyl (C=O) groups excluding carboxylic acids is 1. The average Bonchev–Trinajstić information content (AvgIpc) is 3.09. The third kappa shape index (κ3) is 5.37. The number of nitrogens with one attached hydrogen (secondary N) is 2. The molecule has 0 spiro atoms. The van der Waals surface area contributed by atoms with E-state index >= 15 is 0 Å². The maximum atomic E-state index is 13.2. The van der Waals surface area contributed by atoms with E-state index in [9.17, 15) is 18.0 Å². The van der Waals surface area contributed by atoms with Gasteiger partial charge in [0, 0.05) is 11.3 Å². The van der Waals surface area contributed by atoms with Crippen LogP contribution < -0.4 is 10.6 Å². The molecule has 0 saturated carbocycles. The number of halogens is 3. The Morgan fingerprint density at radius 2 is 1.73 bits per heavy atom. The van der Waals surface area contributed by atoms with Crippen LogP contribution in [-0.4, -0.2) is 18.2 Å². The first-order valence-corrected chi connectivity index (χ1v) is 9.99. The van der Waals surface area contributed by atoms with Crippen molar-refractivity contribution in [1.82, 2.24) is 0 Å². The summed E-state index contributed by atoms with van der Waals surface area (Å²) in [6.45, 7) is 0. The molecule has 30 heavy (non-hydrogen) atoms. The van der Waals surface area contributed by atoms with Crippen molar-refractivity contribution in [3.63, 3.8) is 0 Å². The predicted octanol–water partition coefficient (Wildman–Crippen LogP) is 5.95. The van der Waals surface area contributed by atoms with Crippen molar-refractivity contribution in [2.24, 2.45) is 0 Å². The summed E-state index contributed by atoms with van der Waals surface area (Å²) in [5.74, 6) is -0.563. The molecule has 0 amide bonds. The van der Waals surface area contributed by atoms with Gasteiger partial charge in [-0.1, -0.05) is 42.5 Å². The maximum absolute atomic E-state index is 13.2. The van der Waals surface area contributed by atoms with E-state index in [1.807, 2.05) is 30.3 Å². The van der Waals surface area contributed by atoms with Crippen LogP contribution >= 0.6 is 23.6 Å². The average molecular weight is 451 g/mol. The SMILES string of the molecule is COC(=O)c1cc(Cc2ccccc2)sc1NC(=S)Nc1ccccc1C(F)(F)F. The van der Waals surface area contributed by atoms with Gasteiger partial charge in [-0.2, -0.15) is 13.2 Å². The number of para-hydroxylation sites is 1. The highest BCUT2D eigenvalue weighted by Gasteiger charge is 2.33. The zero-order valence-corrected chi connectivity index (χ0v) is 17.4. The molecule has 156 valence electrons. The molecule has 0 unspecified atom stereocenters. The van der Waals surface area contributed by atoms with Crippen molar-refractivity contribution in [2.45, 2.75) is 12.6 Å². The molecule has 0 saturated heterocycles. The van der Waals surface area contributed by atoms with Gasteiger partial charge in [0.15, 0.2) is 5.11 Å². The number of ether oxygens (including phenoxy) is 1. The van der Waals surface area contributed by atoms with Crippen molar-refractivity contribution in [1.29, 1.82) is 0 Å². The number of carbonyl (C=O) groups is 1. The molecule has 0 fully saturated rings. The van der Waals surface area contributed by atoms with E-state index in [1.165, 1.54) is 36.6 Å². The molecule has 2 aromatic carbocycles.